The van der Waals surface area contributed by atoms with Crippen LogP contribution in [-0.2, 0) is 9.59 Å². The molecule has 124 valence electrons. The van der Waals surface area contributed by atoms with E-state index < -0.39 is 5.41 Å². The highest BCUT2D eigenvalue weighted by atomic mass is 16.2. The van der Waals surface area contributed by atoms with Gasteiger partial charge in [0.1, 0.15) is 5.41 Å². The molecule has 0 spiro atoms. The van der Waals surface area contributed by atoms with E-state index in [2.05, 4.69) is 10.6 Å². The summed E-state index contributed by atoms with van der Waals surface area (Å²) in [5, 5.41) is 6.12. The molecule has 0 saturated heterocycles. The molecule has 2 saturated carbocycles. The second-order valence-electron chi connectivity index (χ2n) is 7.11. The smallest absolute Gasteiger partial charge is 0.240 e. The molecule has 0 atom stereocenters. The van der Waals surface area contributed by atoms with Crippen molar-refractivity contribution in [2.75, 3.05) is 5.32 Å². The van der Waals surface area contributed by atoms with Gasteiger partial charge in [0.15, 0.2) is 0 Å². The predicted molar refractivity (Wildman–Crippen MR) is 91.2 cm³/mol. The SMILES string of the molecule is Cc1cccc(C)c1NC(=O)C1(C(=O)NC2CCCCC2)CC1. The number of para-hydroxylation sites is 1. The lowest BCUT2D eigenvalue weighted by molar-refractivity contribution is -0.135. The third-order valence-corrected chi connectivity index (χ3v) is 5.28. The van der Waals surface area contributed by atoms with Gasteiger partial charge in [-0.1, -0.05) is 37.5 Å². The third kappa shape index (κ3) is 3.26. The highest BCUT2D eigenvalue weighted by molar-refractivity contribution is 6.13. The minimum Gasteiger partial charge on any atom is -0.352 e. The van der Waals surface area contributed by atoms with Gasteiger partial charge in [0, 0.05) is 11.7 Å². The van der Waals surface area contributed by atoms with E-state index in [0.29, 0.717) is 12.8 Å². The van der Waals surface area contributed by atoms with E-state index >= 15 is 0 Å². The van der Waals surface area contributed by atoms with E-state index in [-0.39, 0.29) is 17.9 Å². The van der Waals surface area contributed by atoms with Crippen LogP contribution in [-0.4, -0.2) is 17.9 Å². The molecule has 0 unspecified atom stereocenters. The zero-order valence-corrected chi connectivity index (χ0v) is 14.1. The van der Waals surface area contributed by atoms with E-state index in [1.54, 1.807) is 0 Å². The Hall–Kier alpha value is -1.84. The Balaban J connectivity index is 1.67. The van der Waals surface area contributed by atoms with E-state index in [1.807, 2.05) is 32.0 Å². The van der Waals surface area contributed by atoms with E-state index in [4.69, 9.17) is 0 Å². The van der Waals surface area contributed by atoms with Gasteiger partial charge in [0.05, 0.1) is 0 Å². The first kappa shape index (κ1) is 16.0. The summed E-state index contributed by atoms with van der Waals surface area (Å²) in [7, 11) is 0. The van der Waals surface area contributed by atoms with Crippen molar-refractivity contribution < 1.29 is 9.59 Å². The molecule has 23 heavy (non-hydrogen) atoms. The molecule has 4 nitrogen and oxygen atoms in total. The fraction of sp³-hybridized carbons (Fsp3) is 0.579. The van der Waals surface area contributed by atoms with Crippen molar-refractivity contribution in [2.24, 2.45) is 5.41 Å². The molecule has 1 aromatic carbocycles. The summed E-state index contributed by atoms with van der Waals surface area (Å²) >= 11 is 0. The second-order valence-corrected chi connectivity index (χ2v) is 7.11. The Morgan fingerprint density at radius 2 is 1.61 bits per heavy atom. The molecule has 2 aliphatic rings. The van der Waals surface area contributed by atoms with E-state index in [0.717, 1.165) is 29.7 Å². The summed E-state index contributed by atoms with van der Waals surface area (Å²) < 4.78 is 0. The lowest BCUT2D eigenvalue weighted by Gasteiger charge is -2.25. The number of aryl methyl sites for hydroxylation is 2. The number of hydrogen-bond donors (Lipinski definition) is 2. The highest BCUT2D eigenvalue weighted by Gasteiger charge is 2.56. The lowest BCUT2D eigenvalue weighted by Crippen LogP contribution is -2.45. The maximum Gasteiger partial charge on any atom is 0.240 e. The van der Waals surface area contributed by atoms with Gasteiger partial charge < -0.3 is 10.6 Å². The topological polar surface area (TPSA) is 58.2 Å². The number of carbonyl (C=O) groups excluding carboxylic acids is 2. The third-order valence-electron chi connectivity index (χ3n) is 5.28. The summed E-state index contributed by atoms with van der Waals surface area (Å²) in [5.74, 6) is -0.226. The van der Waals surface area contributed by atoms with Crippen molar-refractivity contribution in [1.29, 1.82) is 0 Å². The summed E-state index contributed by atoms with van der Waals surface area (Å²) in [4.78, 5) is 25.3. The van der Waals surface area contributed by atoms with Gasteiger partial charge in [0.2, 0.25) is 11.8 Å². The van der Waals surface area contributed by atoms with Crippen LogP contribution in [0.5, 0.6) is 0 Å². The summed E-state index contributed by atoms with van der Waals surface area (Å²) in [6.07, 6.45) is 7.00. The van der Waals surface area contributed by atoms with Crippen LogP contribution in [0.4, 0.5) is 5.69 Å². The van der Waals surface area contributed by atoms with Crippen LogP contribution < -0.4 is 10.6 Å². The van der Waals surface area contributed by atoms with Gasteiger partial charge in [-0.2, -0.15) is 0 Å². The van der Waals surface area contributed by atoms with Gasteiger partial charge in [-0.3, -0.25) is 9.59 Å². The fourth-order valence-electron chi connectivity index (χ4n) is 3.50. The van der Waals surface area contributed by atoms with Crippen LogP contribution in [0.25, 0.3) is 0 Å². The van der Waals surface area contributed by atoms with Crippen molar-refractivity contribution >= 4 is 17.5 Å². The number of carbonyl (C=O) groups is 2. The largest absolute Gasteiger partial charge is 0.352 e. The molecule has 2 N–H and O–H groups in total. The molecule has 0 aliphatic heterocycles. The molecule has 2 aliphatic carbocycles. The number of anilines is 1. The summed E-state index contributed by atoms with van der Waals surface area (Å²) in [5.41, 5.74) is 2.06. The average molecular weight is 314 g/mol. The first-order valence-electron chi connectivity index (χ1n) is 8.71. The van der Waals surface area contributed by atoms with Crippen LogP contribution in [0, 0.1) is 19.3 Å². The molecule has 1 aromatic rings. The maximum atomic E-state index is 12.7. The molecule has 2 amide bonds. The number of rotatable bonds is 4. The quantitative estimate of drug-likeness (QED) is 0.836. The molecular formula is C19H26N2O2. The minimum absolute atomic E-state index is 0.0758. The lowest BCUT2D eigenvalue weighted by atomic mass is 9.94. The van der Waals surface area contributed by atoms with Crippen molar-refractivity contribution in [3.8, 4) is 0 Å². The molecule has 0 heterocycles. The van der Waals surface area contributed by atoms with Gasteiger partial charge in [-0.05, 0) is 50.7 Å². The normalized spacial score (nSPS) is 19.9. The summed E-state index contributed by atoms with van der Waals surface area (Å²) in [6, 6.07) is 6.18. The Bertz CT molecular complexity index is 594. The van der Waals surface area contributed by atoms with Gasteiger partial charge in [0.25, 0.3) is 0 Å². The highest BCUT2D eigenvalue weighted by Crippen LogP contribution is 2.47. The van der Waals surface area contributed by atoms with Gasteiger partial charge in [-0.25, -0.2) is 0 Å². The Labute approximate surface area is 138 Å². The predicted octanol–water partition coefficient (Wildman–Crippen LogP) is 3.47. The van der Waals surface area contributed by atoms with Crippen LogP contribution in [0.3, 0.4) is 0 Å². The molecule has 3 rings (SSSR count). The Kier molecular flexibility index (Phi) is 4.42. The zero-order valence-electron chi connectivity index (χ0n) is 14.1. The number of nitrogens with one attached hydrogen (secondary N) is 2. The number of amides is 2. The van der Waals surface area contributed by atoms with Crippen LogP contribution >= 0.6 is 0 Å². The Morgan fingerprint density at radius 3 is 2.17 bits per heavy atom. The number of hydrogen-bond acceptors (Lipinski definition) is 2. The van der Waals surface area contributed by atoms with Crippen molar-refractivity contribution in [3.63, 3.8) is 0 Å². The molecule has 4 heteroatoms. The van der Waals surface area contributed by atoms with Gasteiger partial charge >= 0.3 is 0 Å². The number of benzene rings is 1. The van der Waals surface area contributed by atoms with E-state index in [1.165, 1.54) is 19.3 Å². The molecule has 0 bridgehead atoms. The van der Waals surface area contributed by atoms with Crippen molar-refractivity contribution in [2.45, 2.75) is 64.8 Å². The van der Waals surface area contributed by atoms with Crippen LogP contribution in [0.1, 0.15) is 56.1 Å². The standard InChI is InChI=1S/C19H26N2O2/c1-13-7-6-8-14(2)16(13)21-18(23)19(11-12-19)17(22)20-15-9-4-3-5-10-15/h6-8,15H,3-5,9-12H2,1-2H3,(H,20,22)(H,21,23). The second kappa shape index (κ2) is 6.34. The van der Waals surface area contributed by atoms with Crippen LogP contribution in [0.2, 0.25) is 0 Å². The monoisotopic (exact) mass is 314 g/mol. The summed E-state index contributed by atoms with van der Waals surface area (Å²) in [6.45, 7) is 3.95. The van der Waals surface area contributed by atoms with Crippen molar-refractivity contribution in [1.82, 2.24) is 5.32 Å². The van der Waals surface area contributed by atoms with E-state index in [9.17, 15) is 9.59 Å². The molecule has 0 aromatic heterocycles. The molecular weight excluding hydrogens is 288 g/mol. The molecule has 0 radical (unpaired) electrons. The Morgan fingerprint density at radius 1 is 1.00 bits per heavy atom. The fourth-order valence-corrected chi connectivity index (χ4v) is 3.50. The maximum absolute atomic E-state index is 12.7. The van der Waals surface area contributed by atoms with Crippen LogP contribution in [0.15, 0.2) is 18.2 Å². The first-order chi connectivity index (χ1) is 11.0. The minimum atomic E-state index is -0.841. The van der Waals surface area contributed by atoms with Gasteiger partial charge in [-0.15, -0.1) is 0 Å². The average Bonchev–Trinajstić information content (AvgIpc) is 3.34. The first-order valence-corrected chi connectivity index (χ1v) is 8.71. The van der Waals surface area contributed by atoms with Crippen molar-refractivity contribution in [3.05, 3.63) is 29.3 Å². The zero-order chi connectivity index (χ0) is 16.4. The molecule has 2 fully saturated rings.